The molecule has 1 aliphatic heterocycles. The molecule has 0 saturated carbocycles. The van der Waals surface area contributed by atoms with Crippen molar-refractivity contribution in [2.75, 3.05) is 19.8 Å². The van der Waals surface area contributed by atoms with Crippen molar-refractivity contribution in [2.45, 2.75) is 46.3 Å². The molecule has 1 aromatic rings. The van der Waals surface area contributed by atoms with Gasteiger partial charge in [-0.3, -0.25) is 9.69 Å². The summed E-state index contributed by atoms with van der Waals surface area (Å²) < 4.78 is 10.8. The molecule has 1 aliphatic rings. The summed E-state index contributed by atoms with van der Waals surface area (Å²) in [6.07, 6.45) is -0.469. The molecule has 1 aromatic carbocycles. The summed E-state index contributed by atoms with van der Waals surface area (Å²) in [7, 11) is 0. The van der Waals surface area contributed by atoms with Gasteiger partial charge in [-0.25, -0.2) is 4.79 Å². The summed E-state index contributed by atoms with van der Waals surface area (Å²) in [5, 5.41) is 0. The van der Waals surface area contributed by atoms with Crippen LogP contribution in [0.5, 0.6) is 0 Å². The maximum absolute atomic E-state index is 12.8. The number of ketones is 1. The van der Waals surface area contributed by atoms with Gasteiger partial charge in [-0.1, -0.05) is 12.1 Å². The highest BCUT2D eigenvalue weighted by molar-refractivity contribution is 6.01. The van der Waals surface area contributed by atoms with Crippen LogP contribution in [0.25, 0.3) is 0 Å². The van der Waals surface area contributed by atoms with Crippen LogP contribution >= 0.6 is 0 Å². The Morgan fingerprint density at radius 2 is 1.91 bits per heavy atom. The molecule has 1 heterocycles. The Kier molecular flexibility index (Phi) is 5.09. The summed E-state index contributed by atoms with van der Waals surface area (Å²) in [6.45, 7) is 10.4. The van der Waals surface area contributed by atoms with Gasteiger partial charge < -0.3 is 9.47 Å². The molecule has 0 N–H and O–H groups in total. The number of hydrogen-bond donors (Lipinski definition) is 0. The first-order chi connectivity index (χ1) is 10.7. The first-order valence-corrected chi connectivity index (χ1v) is 7.88. The highest BCUT2D eigenvalue weighted by Gasteiger charge is 2.35. The average Bonchev–Trinajstić information content (AvgIpc) is 2.47. The minimum absolute atomic E-state index is 0.112. The van der Waals surface area contributed by atoms with Crippen molar-refractivity contribution in [1.29, 1.82) is 0 Å². The first kappa shape index (κ1) is 17.5. The van der Waals surface area contributed by atoms with Crippen molar-refractivity contribution in [2.24, 2.45) is 0 Å². The second-order valence-corrected chi connectivity index (χ2v) is 6.93. The lowest BCUT2D eigenvalue weighted by Gasteiger charge is -2.35. The Hall–Kier alpha value is -1.88. The molecule has 0 radical (unpaired) electrons. The number of carbonyl (C=O) groups is 2. The van der Waals surface area contributed by atoms with Crippen LogP contribution in [-0.4, -0.2) is 48.2 Å². The molecular formula is C18H25NO4. The zero-order valence-electron chi connectivity index (χ0n) is 14.5. The van der Waals surface area contributed by atoms with Crippen molar-refractivity contribution >= 4 is 11.9 Å². The number of hydrogen-bond acceptors (Lipinski definition) is 4. The van der Waals surface area contributed by atoms with E-state index in [4.69, 9.17) is 9.47 Å². The van der Waals surface area contributed by atoms with Gasteiger partial charge in [0, 0.05) is 12.1 Å². The molecule has 126 valence electrons. The Bertz CT molecular complexity index is 604. The third kappa shape index (κ3) is 4.32. The van der Waals surface area contributed by atoms with Gasteiger partial charge in [0.15, 0.2) is 5.78 Å². The molecule has 0 aliphatic carbocycles. The highest BCUT2D eigenvalue weighted by atomic mass is 16.6. The SMILES string of the molecule is Cc1ccc(C(=O)C2COCCN2C(=O)OC(C)(C)C)cc1C. The summed E-state index contributed by atoms with van der Waals surface area (Å²) in [5.74, 6) is -0.112. The number of carbonyl (C=O) groups excluding carboxylic acids is 2. The second-order valence-electron chi connectivity index (χ2n) is 6.93. The molecule has 5 heteroatoms. The molecule has 5 nitrogen and oxygen atoms in total. The van der Waals surface area contributed by atoms with Crippen molar-refractivity contribution < 1.29 is 19.1 Å². The number of aryl methyl sites for hydroxylation is 2. The van der Waals surface area contributed by atoms with E-state index in [1.165, 1.54) is 4.90 Å². The average molecular weight is 319 g/mol. The first-order valence-electron chi connectivity index (χ1n) is 7.88. The minimum Gasteiger partial charge on any atom is -0.444 e. The van der Waals surface area contributed by atoms with Crippen molar-refractivity contribution in [3.8, 4) is 0 Å². The van der Waals surface area contributed by atoms with Crippen LogP contribution in [0, 0.1) is 13.8 Å². The van der Waals surface area contributed by atoms with E-state index in [1.807, 2.05) is 46.8 Å². The number of benzene rings is 1. The third-order valence-corrected chi connectivity index (χ3v) is 3.85. The van der Waals surface area contributed by atoms with E-state index in [0.29, 0.717) is 18.7 Å². The zero-order chi connectivity index (χ0) is 17.2. The molecule has 1 unspecified atom stereocenters. The van der Waals surface area contributed by atoms with E-state index >= 15 is 0 Å². The maximum Gasteiger partial charge on any atom is 0.411 e. The molecule has 23 heavy (non-hydrogen) atoms. The number of ether oxygens (including phenoxy) is 2. The van der Waals surface area contributed by atoms with Crippen molar-refractivity contribution in [3.05, 3.63) is 34.9 Å². The molecule has 1 fully saturated rings. The largest absolute Gasteiger partial charge is 0.444 e. The second kappa shape index (κ2) is 6.71. The van der Waals surface area contributed by atoms with Gasteiger partial charge in [-0.15, -0.1) is 0 Å². The lowest BCUT2D eigenvalue weighted by Crippen LogP contribution is -2.53. The van der Waals surface area contributed by atoms with E-state index in [-0.39, 0.29) is 12.4 Å². The van der Waals surface area contributed by atoms with Crippen LogP contribution in [0.2, 0.25) is 0 Å². The Morgan fingerprint density at radius 1 is 1.22 bits per heavy atom. The quantitative estimate of drug-likeness (QED) is 0.786. The van der Waals surface area contributed by atoms with E-state index in [1.54, 1.807) is 6.07 Å². The van der Waals surface area contributed by atoms with Crippen LogP contribution in [0.1, 0.15) is 42.3 Å². The van der Waals surface area contributed by atoms with Crippen molar-refractivity contribution in [1.82, 2.24) is 4.90 Å². The fourth-order valence-electron chi connectivity index (χ4n) is 2.45. The summed E-state index contributed by atoms with van der Waals surface area (Å²) in [4.78, 5) is 26.7. The van der Waals surface area contributed by atoms with Crippen LogP contribution in [0.3, 0.4) is 0 Å². The lowest BCUT2D eigenvalue weighted by atomic mass is 9.99. The topological polar surface area (TPSA) is 55.8 Å². The van der Waals surface area contributed by atoms with Crippen LogP contribution in [-0.2, 0) is 9.47 Å². The highest BCUT2D eigenvalue weighted by Crippen LogP contribution is 2.19. The van der Waals surface area contributed by atoms with Gasteiger partial charge in [-0.05, 0) is 51.8 Å². The molecule has 0 spiro atoms. The number of rotatable bonds is 2. The predicted molar refractivity (Wildman–Crippen MR) is 87.8 cm³/mol. The smallest absolute Gasteiger partial charge is 0.411 e. The van der Waals surface area contributed by atoms with E-state index in [0.717, 1.165) is 11.1 Å². The number of Topliss-reactive ketones (excluding diaryl/α,β-unsaturated/α-hetero) is 1. The van der Waals surface area contributed by atoms with Gasteiger partial charge in [0.1, 0.15) is 11.6 Å². The minimum atomic E-state index is -0.638. The van der Waals surface area contributed by atoms with E-state index in [9.17, 15) is 9.59 Å². The Balaban J connectivity index is 2.21. The molecule has 1 atom stereocenters. The Morgan fingerprint density at radius 3 is 2.52 bits per heavy atom. The number of nitrogens with zero attached hydrogens (tertiary/aromatic N) is 1. The standard InChI is InChI=1S/C18H25NO4/c1-12-6-7-14(10-13(12)2)16(20)15-11-22-9-8-19(15)17(21)23-18(3,4)5/h6-7,10,15H,8-9,11H2,1-5H3. The molecule has 1 saturated heterocycles. The molecular weight excluding hydrogens is 294 g/mol. The number of morpholine rings is 1. The summed E-state index contributed by atoms with van der Waals surface area (Å²) >= 11 is 0. The van der Waals surface area contributed by atoms with Gasteiger partial charge in [0.05, 0.1) is 13.2 Å². The maximum atomic E-state index is 12.8. The van der Waals surface area contributed by atoms with Gasteiger partial charge >= 0.3 is 6.09 Å². The molecule has 0 bridgehead atoms. The summed E-state index contributed by atoms with van der Waals surface area (Å²) in [5.41, 5.74) is 2.18. The molecule has 1 amide bonds. The molecule has 2 rings (SSSR count). The number of amides is 1. The fourth-order valence-corrected chi connectivity index (χ4v) is 2.45. The van der Waals surface area contributed by atoms with Gasteiger partial charge in [0.25, 0.3) is 0 Å². The predicted octanol–water partition coefficient (Wildman–Crippen LogP) is 3.12. The van der Waals surface area contributed by atoms with Gasteiger partial charge in [-0.2, -0.15) is 0 Å². The normalized spacial score (nSPS) is 18.7. The van der Waals surface area contributed by atoms with E-state index < -0.39 is 17.7 Å². The van der Waals surface area contributed by atoms with Crippen LogP contribution in [0.4, 0.5) is 4.79 Å². The summed E-state index contributed by atoms with van der Waals surface area (Å²) in [6, 6.07) is 4.94. The van der Waals surface area contributed by atoms with Crippen LogP contribution < -0.4 is 0 Å². The van der Waals surface area contributed by atoms with Crippen LogP contribution in [0.15, 0.2) is 18.2 Å². The zero-order valence-corrected chi connectivity index (χ0v) is 14.5. The monoisotopic (exact) mass is 319 g/mol. The lowest BCUT2D eigenvalue weighted by molar-refractivity contribution is -0.0265. The third-order valence-electron chi connectivity index (χ3n) is 3.85. The van der Waals surface area contributed by atoms with Gasteiger partial charge in [0.2, 0.25) is 0 Å². The van der Waals surface area contributed by atoms with E-state index in [2.05, 4.69) is 0 Å². The molecule has 0 aromatic heterocycles. The fraction of sp³-hybridized carbons (Fsp3) is 0.556. The van der Waals surface area contributed by atoms with Crippen molar-refractivity contribution in [3.63, 3.8) is 0 Å². The Labute approximate surface area is 137 Å².